The number of ether oxygens (including phenoxy) is 1. The van der Waals surface area contributed by atoms with Gasteiger partial charge in [-0.15, -0.1) is 0 Å². The van der Waals surface area contributed by atoms with Gasteiger partial charge in [0.25, 0.3) is 0 Å². The summed E-state index contributed by atoms with van der Waals surface area (Å²) in [6, 6.07) is 0. The van der Waals surface area contributed by atoms with Crippen LogP contribution in [0.3, 0.4) is 0 Å². The molecule has 1 aliphatic rings. The van der Waals surface area contributed by atoms with Crippen LogP contribution in [0.15, 0.2) is 0 Å². The Balaban J connectivity index is 2.33. The molecule has 1 unspecified atom stereocenters. The molecule has 0 bridgehead atoms. The minimum Gasteiger partial charge on any atom is -0.390 e. The summed E-state index contributed by atoms with van der Waals surface area (Å²) in [4.78, 5) is 0. The first-order valence-electron chi connectivity index (χ1n) is 5.98. The highest BCUT2D eigenvalue weighted by Crippen LogP contribution is 2.35. The summed E-state index contributed by atoms with van der Waals surface area (Å²) >= 11 is 0. The largest absolute Gasteiger partial charge is 0.390 e. The molecule has 0 saturated heterocycles. The highest BCUT2D eigenvalue weighted by Gasteiger charge is 2.37. The third-order valence-corrected chi connectivity index (χ3v) is 3.59. The van der Waals surface area contributed by atoms with E-state index in [0.717, 1.165) is 32.1 Å². The van der Waals surface area contributed by atoms with E-state index in [2.05, 4.69) is 6.92 Å². The topological polar surface area (TPSA) is 49.7 Å². The van der Waals surface area contributed by atoms with Crippen LogP contribution in [0.2, 0.25) is 0 Å². The van der Waals surface area contributed by atoms with Gasteiger partial charge < -0.3 is 14.9 Å². The molecule has 1 aliphatic carbocycles. The lowest BCUT2D eigenvalue weighted by atomic mass is 9.75. The monoisotopic (exact) mass is 216 g/mol. The zero-order chi connectivity index (χ0) is 11.3. The zero-order valence-corrected chi connectivity index (χ0v) is 9.91. The Labute approximate surface area is 92.4 Å². The molecule has 0 aromatic rings. The van der Waals surface area contributed by atoms with Gasteiger partial charge in [-0.05, 0) is 44.4 Å². The first-order valence-corrected chi connectivity index (χ1v) is 5.98. The minimum atomic E-state index is -0.833. The van der Waals surface area contributed by atoms with Gasteiger partial charge in [-0.2, -0.15) is 0 Å². The molecule has 0 heterocycles. The molecule has 1 rings (SSSR count). The summed E-state index contributed by atoms with van der Waals surface area (Å²) in [6.45, 7) is 2.86. The smallest absolute Gasteiger partial charge is 0.0905 e. The quantitative estimate of drug-likeness (QED) is 0.688. The maximum absolute atomic E-state index is 10.3. The van der Waals surface area contributed by atoms with Crippen molar-refractivity contribution in [1.82, 2.24) is 0 Å². The second kappa shape index (κ2) is 5.83. The van der Waals surface area contributed by atoms with Crippen LogP contribution in [0.25, 0.3) is 0 Å². The van der Waals surface area contributed by atoms with Gasteiger partial charge in [0.1, 0.15) is 0 Å². The van der Waals surface area contributed by atoms with E-state index in [1.54, 1.807) is 7.11 Å². The predicted molar refractivity (Wildman–Crippen MR) is 59.7 cm³/mol. The Morgan fingerprint density at radius 1 is 1.40 bits per heavy atom. The zero-order valence-electron chi connectivity index (χ0n) is 9.91. The van der Waals surface area contributed by atoms with Crippen LogP contribution in [0.5, 0.6) is 0 Å². The fourth-order valence-electron chi connectivity index (χ4n) is 2.28. The number of hydrogen-bond donors (Lipinski definition) is 2. The molecule has 2 N–H and O–H groups in total. The van der Waals surface area contributed by atoms with E-state index in [4.69, 9.17) is 4.74 Å². The summed E-state index contributed by atoms with van der Waals surface area (Å²) in [5, 5.41) is 20.2. The fourth-order valence-corrected chi connectivity index (χ4v) is 2.28. The standard InChI is InChI=1S/C12H24O3/c1-10-5-7-12(14,8-6-10)11(13)4-3-9-15-2/h10-11,13-14H,3-9H2,1-2H3. The molecule has 1 saturated carbocycles. The van der Waals surface area contributed by atoms with Crippen molar-refractivity contribution < 1.29 is 14.9 Å². The van der Waals surface area contributed by atoms with E-state index in [0.29, 0.717) is 18.9 Å². The summed E-state index contributed by atoms with van der Waals surface area (Å²) < 4.78 is 4.94. The Kier molecular flexibility index (Phi) is 5.03. The minimum absolute atomic E-state index is 0.583. The van der Waals surface area contributed by atoms with E-state index in [1.165, 1.54) is 0 Å². The summed E-state index contributed by atoms with van der Waals surface area (Å²) in [5.74, 6) is 0.691. The Hall–Kier alpha value is -0.120. The average molecular weight is 216 g/mol. The van der Waals surface area contributed by atoms with Crippen molar-refractivity contribution in [2.75, 3.05) is 13.7 Å². The molecule has 15 heavy (non-hydrogen) atoms. The third kappa shape index (κ3) is 3.74. The molecule has 3 heteroatoms. The molecule has 0 amide bonds. The highest BCUT2D eigenvalue weighted by atomic mass is 16.5. The molecule has 90 valence electrons. The van der Waals surface area contributed by atoms with Crippen LogP contribution in [0, 0.1) is 5.92 Å². The maximum Gasteiger partial charge on any atom is 0.0905 e. The van der Waals surface area contributed by atoms with E-state index >= 15 is 0 Å². The van der Waals surface area contributed by atoms with Crippen molar-refractivity contribution in [3.63, 3.8) is 0 Å². The Morgan fingerprint density at radius 3 is 2.53 bits per heavy atom. The fraction of sp³-hybridized carbons (Fsp3) is 1.00. The van der Waals surface area contributed by atoms with Gasteiger partial charge in [0.2, 0.25) is 0 Å². The van der Waals surface area contributed by atoms with Gasteiger partial charge in [-0.3, -0.25) is 0 Å². The molecule has 1 fully saturated rings. The number of methoxy groups -OCH3 is 1. The van der Waals surface area contributed by atoms with Crippen LogP contribution < -0.4 is 0 Å². The molecule has 0 aromatic heterocycles. The van der Waals surface area contributed by atoms with Crippen molar-refractivity contribution in [2.45, 2.75) is 57.2 Å². The van der Waals surface area contributed by atoms with E-state index in [1.807, 2.05) is 0 Å². The molecule has 0 radical (unpaired) electrons. The van der Waals surface area contributed by atoms with Gasteiger partial charge in [0.15, 0.2) is 0 Å². The third-order valence-electron chi connectivity index (χ3n) is 3.59. The summed E-state index contributed by atoms with van der Waals surface area (Å²) in [7, 11) is 1.66. The molecule has 0 spiro atoms. The van der Waals surface area contributed by atoms with Gasteiger partial charge in [0.05, 0.1) is 11.7 Å². The normalized spacial score (nSPS) is 34.0. The van der Waals surface area contributed by atoms with Crippen molar-refractivity contribution in [1.29, 1.82) is 0 Å². The van der Waals surface area contributed by atoms with Crippen molar-refractivity contribution in [2.24, 2.45) is 5.92 Å². The van der Waals surface area contributed by atoms with E-state index in [9.17, 15) is 10.2 Å². The number of rotatable bonds is 5. The van der Waals surface area contributed by atoms with Gasteiger partial charge in [-0.25, -0.2) is 0 Å². The van der Waals surface area contributed by atoms with Crippen LogP contribution in [0.1, 0.15) is 45.4 Å². The van der Waals surface area contributed by atoms with Gasteiger partial charge >= 0.3 is 0 Å². The van der Waals surface area contributed by atoms with E-state index < -0.39 is 11.7 Å². The Bertz CT molecular complexity index is 174. The van der Waals surface area contributed by atoms with Crippen molar-refractivity contribution >= 4 is 0 Å². The molecule has 0 aromatic carbocycles. The lowest BCUT2D eigenvalue weighted by Gasteiger charge is -2.38. The molecule has 0 aliphatic heterocycles. The van der Waals surface area contributed by atoms with Crippen molar-refractivity contribution in [3.8, 4) is 0 Å². The van der Waals surface area contributed by atoms with Gasteiger partial charge in [0, 0.05) is 13.7 Å². The summed E-state index contributed by atoms with van der Waals surface area (Å²) in [5.41, 5.74) is -0.833. The highest BCUT2D eigenvalue weighted by molar-refractivity contribution is 4.90. The Morgan fingerprint density at radius 2 is 2.00 bits per heavy atom. The molecular weight excluding hydrogens is 192 g/mol. The average Bonchev–Trinajstić information content (AvgIpc) is 2.23. The predicted octanol–water partition coefficient (Wildman–Crippen LogP) is 1.72. The van der Waals surface area contributed by atoms with Crippen LogP contribution in [-0.2, 0) is 4.74 Å². The lowest BCUT2D eigenvalue weighted by molar-refractivity contribution is -0.107. The number of aliphatic hydroxyl groups is 2. The SMILES string of the molecule is COCCCC(O)C1(O)CCC(C)CC1. The van der Waals surface area contributed by atoms with Crippen LogP contribution >= 0.6 is 0 Å². The van der Waals surface area contributed by atoms with Crippen molar-refractivity contribution in [3.05, 3.63) is 0 Å². The first-order chi connectivity index (χ1) is 7.08. The van der Waals surface area contributed by atoms with Gasteiger partial charge in [-0.1, -0.05) is 6.92 Å². The maximum atomic E-state index is 10.3. The first kappa shape index (κ1) is 12.9. The van der Waals surface area contributed by atoms with E-state index in [-0.39, 0.29) is 0 Å². The molecule has 1 atom stereocenters. The molecular formula is C12H24O3. The second-order valence-electron chi connectivity index (χ2n) is 4.94. The second-order valence-corrected chi connectivity index (χ2v) is 4.94. The number of aliphatic hydroxyl groups excluding tert-OH is 1. The molecule has 3 nitrogen and oxygen atoms in total. The summed E-state index contributed by atoms with van der Waals surface area (Å²) in [6.07, 6.45) is 4.40. The lowest BCUT2D eigenvalue weighted by Crippen LogP contribution is -2.45. The number of hydrogen-bond acceptors (Lipinski definition) is 3. The van der Waals surface area contributed by atoms with Crippen LogP contribution in [-0.4, -0.2) is 35.6 Å². The van der Waals surface area contributed by atoms with Crippen LogP contribution in [0.4, 0.5) is 0 Å².